The number of carbonyl (C=O) groups excluding carboxylic acids is 1. The van der Waals surface area contributed by atoms with Crippen LogP contribution in [-0.4, -0.2) is 16.0 Å². The molecule has 0 bridgehead atoms. The number of halogens is 2. The van der Waals surface area contributed by atoms with Gasteiger partial charge in [-0.15, -0.1) is 0 Å². The molecule has 1 aromatic rings. The Morgan fingerprint density at radius 2 is 1.94 bits per heavy atom. The van der Waals surface area contributed by atoms with Crippen molar-refractivity contribution >= 4 is 29.0 Å². The summed E-state index contributed by atoms with van der Waals surface area (Å²) in [6.07, 6.45) is 1.93. The summed E-state index contributed by atoms with van der Waals surface area (Å²) in [6, 6.07) is 1.23. The van der Waals surface area contributed by atoms with Crippen LogP contribution in [0.3, 0.4) is 0 Å². The van der Waals surface area contributed by atoms with E-state index in [2.05, 4.69) is 0 Å². The van der Waals surface area contributed by atoms with Crippen LogP contribution < -0.4 is 0 Å². The summed E-state index contributed by atoms with van der Waals surface area (Å²) in [5.41, 5.74) is 0.0567. The molecule has 1 aromatic carbocycles. The summed E-state index contributed by atoms with van der Waals surface area (Å²) < 4.78 is 0. The van der Waals surface area contributed by atoms with E-state index in [0.29, 0.717) is 6.42 Å². The van der Waals surface area contributed by atoms with Gasteiger partial charge >= 0.3 is 0 Å². The first-order chi connectivity index (χ1) is 7.49. The minimum atomic E-state index is -0.412. The number of ketones is 1. The van der Waals surface area contributed by atoms with E-state index in [4.69, 9.17) is 23.2 Å². The fourth-order valence-corrected chi connectivity index (χ4v) is 1.74. The van der Waals surface area contributed by atoms with Gasteiger partial charge in [-0.3, -0.25) is 4.79 Å². The minimum absolute atomic E-state index is 0.0392. The van der Waals surface area contributed by atoms with Crippen molar-refractivity contribution in [1.82, 2.24) is 0 Å². The Hall–Kier alpha value is -0.930. The number of carbonyl (C=O) groups is 1. The van der Waals surface area contributed by atoms with Gasteiger partial charge in [0.2, 0.25) is 0 Å². The summed E-state index contributed by atoms with van der Waals surface area (Å²) in [5, 5.41) is 18.6. The molecule has 5 heteroatoms. The monoisotopic (exact) mass is 262 g/mol. The standard InChI is InChI=1S/C11H12Cl2O3/c1-2-3-4-8(14)6-5-7(12)11(16)9(13)10(6)15/h5,15-16H,2-4H2,1H3. The van der Waals surface area contributed by atoms with Crippen molar-refractivity contribution in [3.63, 3.8) is 0 Å². The number of unbranched alkanes of at least 4 members (excludes halogenated alkanes) is 1. The van der Waals surface area contributed by atoms with Crippen LogP contribution in [0.15, 0.2) is 6.07 Å². The summed E-state index contributed by atoms with van der Waals surface area (Å²) in [6.45, 7) is 1.96. The average Bonchev–Trinajstić information content (AvgIpc) is 2.28. The van der Waals surface area contributed by atoms with Crippen LogP contribution in [0.1, 0.15) is 36.5 Å². The second-order valence-electron chi connectivity index (χ2n) is 3.44. The zero-order chi connectivity index (χ0) is 12.3. The third-order valence-electron chi connectivity index (χ3n) is 2.23. The maximum atomic E-state index is 11.7. The molecule has 0 radical (unpaired) electrons. The van der Waals surface area contributed by atoms with Gasteiger partial charge in [-0.25, -0.2) is 0 Å². The van der Waals surface area contributed by atoms with Crippen molar-refractivity contribution in [3.05, 3.63) is 21.7 Å². The van der Waals surface area contributed by atoms with Crippen LogP contribution in [0.4, 0.5) is 0 Å². The number of benzene rings is 1. The van der Waals surface area contributed by atoms with E-state index in [1.54, 1.807) is 0 Å². The molecule has 0 amide bonds. The molecule has 0 aliphatic rings. The second-order valence-corrected chi connectivity index (χ2v) is 4.23. The van der Waals surface area contributed by atoms with Crippen molar-refractivity contribution in [2.24, 2.45) is 0 Å². The highest BCUT2D eigenvalue weighted by Crippen LogP contribution is 2.41. The number of hydrogen-bond donors (Lipinski definition) is 2. The van der Waals surface area contributed by atoms with E-state index in [1.165, 1.54) is 6.07 Å². The van der Waals surface area contributed by atoms with Crippen LogP contribution >= 0.6 is 23.2 Å². The fraction of sp³-hybridized carbons (Fsp3) is 0.364. The number of phenolic OH excluding ortho intramolecular Hbond substituents is 2. The Morgan fingerprint density at radius 3 is 2.50 bits per heavy atom. The van der Waals surface area contributed by atoms with Gasteiger partial charge < -0.3 is 10.2 Å². The van der Waals surface area contributed by atoms with Crippen molar-refractivity contribution in [2.75, 3.05) is 0 Å². The van der Waals surface area contributed by atoms with Crippen molar-refractivity contribution < 1.29 is 15.0 Å². The van der Waals surface area contributed by atoms with E-state index < -0.39 is 11.5 Å². The lowest BCUT2D eigenvalue weighted by Crippen LogP contribution is -1.99. The topological polar surface area (TPSA) is 57.5 Å². The van der Waals surface area contributed by atoms with Crippen molar-refractivity contribution in [1.29, 1.82) is 0 Å². The molecule has 88 valence electrons. The summed E-state index contributed by atoms with van der Waals surface area (Å²) in [5.74, 6) is -1.05. The lowest BCUT2D eigenvalue weighted by molar-refractivity contribution is 0.0977. The summed E-state index contributed by atoms with van der Waals surface area (Å²) in [7, 11) is 0. The number of phenols is 2. The molecule has 0 aliphatic carbocycles. The molecular weight excluding hydrogens is 251 g/mol. The fourth-order valence-electron chi connectivity index (χ4n) is 1.28. The number of Topliss-reactive ketones (excluding diaryl/α,β-unsaturated/α-hetero) is 1. The average molecular weight is 263 g/mol. The van der Waals surface area contributed by atoms with Crippen LogP contribution in [0, 0.1) is 0 Å². The second kappa shape index (κ2) is 5.41. The molecule has 3 nitrogen and oxygen atoms in total. The van der Waals surface area contributed by atoms with E-state index in [-0.39, 0.29) is 21.4 Å². The highest BCUT2D eigenvalue weighted by molar-refractivity contribution is 6.38. The van der Waals surface area contributed by atoms with Gasteiger partial charge in [0.15, 0.2) is 11.5 Å². The van der Waals surface area contributed by atoms with Crippen molar-refractivity contribution in [2.45, 2.75) is 26.2 Å². The Morgan fingerprint density at radius 1 is 1.31 bits per heavy atom. The minimum Gasteiger partial charge on any atom is -0.505 e. The molecule has 2 N–H and O–H groups in total. The Balaban J connectivity index is 3.10. The molecule has 0 saturated heterocycles. The van der Waals surface area contributed by atoms with Crippen LogP contribution in [0.25, 0.3) is 0 Å². The van der Waals surface area contributed by atoms with Gasteiger partial charge in [0.25, 0.3) is 0 Å². The van der Waals surface area contributed by atoms with Gasteiger partial charge in [0, 0.05) is 6.42 Å². The lowest BCUT2D eigenvalue weighted by Gasteiger charge is -2.08. The normalized spacial score (nSPS) is 10.4. The maximum absolute atomic E-state index is 11.7. The van der Waals surface area contributed by atoms with E-state index in [9.17, 15) is 15.0 Å². The maximum Gasteiger partial charge on any atom is 0.166 e. The largest absolute Gasteiger partial charge is 0.505 e. The van der Waals surface area contributed by atoms with E-state index >= 15 is 0 Å². The number of rotatable bonds is 4. The molecule has 0 unspecified atom stereocenters. The molecule has 0 atom stereocenters. The first-order valence-electron chi connectivity index (χ1n) is 4.92. The highest BCUT2D eigenvalue weighted by atomic mass is 35.5. The molecule has 0 spiro atoms. The first kappa shape index (κ1) is 13.1. The zero-order valence-corrected chi connectivity index (χ0v) is 10.3. The molecule has 0 heterocycles. The Kier molecular flexibility index (Phi) is 4.44. The van der Waals surface area contributed by atoms with E-state index in [1.807, 2.05) is 6.92 Å². The number of hydrogen-bond acceptors (Lipinski definition) is 3. The molecule has 16 heavy (non-hydrogen) atoms. The zero-order valence-electron chi connectivity index (χ0n) is 8.76. The third kappa shape index (κ3) is 2.60. The van der Waals surface area contributed by atoms with Crippen LogP contribution in [0.2, 0.25) is 10.0 Å². The lowest BCUT2D eigenvalue weighted by atomic mass is 10.0. The van der Waals surface area contributed by atoms with Gasteiger partial charge in [0.1, 0.15) is 10.8 Å². The van der Waals surface area contributed by atoms with Gasteiger partial charge in [0.05, 0.1) is 10.6 Å². The van der Waals surface area contributed by atoms with E-state index in [0.717, 1.165) is 12.8 Å². The Labute approximate surface area is 104 Å². The first-order valence-corrected chi connectivity index (χ1v) is 5.67. The smallest absolute Gasteiger partial charge is 0.166 e. The summed E-state index contributed by atoms with van der Waals surface area (Å²) in [4.78, 5) is 11.7. The quantitative estimate of drug-likeness (QED) is 0.813. The molecule has 0 aliphatic heterocycles. The van der Waals surface area contributed by atoms with Gasteiger partial charge in [-0.1, -0.05) is 36.5 Å². The van der Waals surface area contributed by atoms with Gasteiger partial charge in [-0.05, 0) is 12.5 Å². The molecular formula is C11H12Cl2O3. The number of aromatic hydroxyl groups is 2. The summed E-state index contributed by atoms with van der Waals surface area (Å²) >= 11 is 11.3. The predicted octanol–water partition coefficient (Wildman–Crippen LogP) is 3.78. The van der Waals surface area contributed by atoms with Crippen LogP contribution in [0.5, 0.6) is 11.5 Å². The SMILES string of the molecule is CCCCC(=O)c1cc(Cl)c(O)c(Cl)c1O. The van der Waals surface area contributed by atoms with Crippen molar-refractivity contribution in [3.8, 4) is 11.5 Å². The highest BCUT2D eigenvalue weighted by Gasteiger charge is 2.19. The molecule has 0 aromatic heterocycles. The molecule has 1 rings (SSSR count). The third-order valence-corrected chi connectivity index (χ3v) is 2.87. The Bertz CT molecular complexity index is 416. The van der Waals surface area contributed by atoms with Gasteiger partial charge in [-0.2, -0.15) is 0 Å². The van der Waals surface area contributed by atoms with Crippen LogP contribution in [-0.2, 0) is 0 Å². The molecule has 0 fully saturated rings. The predicted molar refractivity (Wildman–Crippen MR) is 63.6 cm³/mol. The molecule has 0 saturated carbocycles.